The minimum absolute atomic E-state index is 0.245. The van der Waals surface area contributed by atoms with E-state index in [0.717, 1.165) is 0 Å². The van der Waals surface area contributed by atoms with Gasteiger partial charge < -0.3 is 9.47 Å². The Kier molecular flexibility index (Phi) is 106. The van der Waals surface area contributed by atoms with E-state index in [1.54, 1.807) is 14.2 Å². The number of rotatable bonds is 0. The molecule has 0 aliphatic rings. The van der Waals surface area contributed by atoms with E-state index >= 15 is 0 Å². The number of carbonyl (C=O) groups is 1. The lowest BCUT2D eigenvalue weighted by molar-refractivity contribution is -0.137. The van der Waals surface area contributed by atoms with Crippen molar-refractivity contribution >= 4 is 5.97 Å². The van der Waals surface area contributed by atoms with Gasteiger partial charge in [0, 0.05) is 41.9 Å². The maximum absolute atomic E-state index is 9.59. The zero-order valence-electron chi connectivity index (χ0n) is 7.44. The van der Waals surface area contributed by atoms with Crippen molar-refractivity contribution in [3.05, 3.63) is 9.93 Å². The second kappa shape index (κ2) is 56.7. The molecule has 0 spiro atoms. The summed E-state index contributed by atoms with van der Waals surface area (Å²) in [5, 5.41) is 12.0. The molecular weight excluding hydrogens is 168 g/mol. The van der Waals surface area contributed by atoms with E-state index in [1.807, 2.05) is 0 Å². The fourth-order valence-electron chi connectivity index (χ4n) is 0. The maximum atomic E-state index is 9.59. The molecule has 7 nitrogen and oxygen atoms in total. The van der Waals surface area contributed by atoms with E-state index in [9.17, 15) is 4.79 Å². The molecule has 0 unspecified atom stereocenters. The van der Waals surface area contributed by atoms with Gasteiger partial charge in [-0.3, -0.25) is 4.79 Å². The van der Waals surface area contributed by atoms with E-state index in [2.05, 4.69) is 9.47 Å². The highest BCUT2D eigenvalue weighted by Crippen LogP contribution is 1.60. The molecule has 0 atom stereocenters. The molecule has 0 aromatic heterocycles. The molecule has 0 rings (SSSR count). The lowest BCUT2D eigenvalue weighted by Gasteiger charge is -1.80. The van der Waals surface area contributed by atoms with Crippen LogP contribution in [0.15, 0.2) is 0 Å². The van der Waals surface area contributed by atoms with Crippen molar-refractivity contribution in [2.45, 2.75) is 6.92 Å². The molecule has 0 N–H and O–H groups in total. The smallest absolute Gasteiger partial charge is 0.302 e. The molecule has 12 heavy (non-hydrogen) atoms. The summed E-state index contributed by atoms with van der Waals surface area (Å²) in [4.78, 5) is 23.6. The van der Waals surface area contributed by atoms with E-state index < -0.39 is 0 Å². The van der Waals surface area contributed by atoms with E-state index in [0.29, 0.717) is 0 Å². The number of methoxy groups -OCH3 is 2. The Hall–Kier alpha value is -1.55. The predicted octanol–water partition coefficient (Wildman–Crippen LogP) is 0.539. The van der Waals surface area contributed by atoms with Crippen LogP contribution in [0.2, 0.25) is 0 Å². The van der Waals surface area contributed by atoms with Gasteiger partial charge in [0.2, 0.25) is 0 Å². The zero-order chi connectivity index (χ0) is 11.0. The Bertz CT molecular complexity index is 95.1. The Morgan fingerprint density at radius 2 is 1.17 bits per heavy atom. The minimum Gasteiger partial charge on any atom is -0.469 e. The summed E-state index contributed by atoms with van der Waals surface area (Å²) in [6, 6.07) is 0. The van der Waals surface area contributed by atoms with Gasteiger partial charge in [0.1, 0.15) is 0 Å². The number of hydrogen-bond acceptors (Lipinski definition) is 7. The first-order valence-electron chi connectivity index (χ1n) is 2.50. The second-order valence-electron chi connectivity index (χ2n) is 1.10. The summed E-state index contributed by atoms with van der Waals surface area (Å²) in [6.45, 7) is 1.36. The number of nitrogens with zero attached hydrogens (tertiary/aromatic N) is 2. The molecule has 0 aromatic rings. The van der Waals surface area contributed by atoms with Crippen molar-refractivity contribution in [3.8, 4) is 0 Å². The number of esters is 1. The normalized spacial score (nSPS) is 4.83. The SMILES string of the molecule is COC.COC(C)=O.N#N.O=O. The summed E-state index contributed by atoms with van der Waals surface area (Å²) < 4.78 is 8.36. The third kappa shape index (κ3) is 2320. The van der Waals surface area contributed by atoms with Crippen LogP contribution in [-0.2, 0) is 14.3 Å². The highest BCUT2D eigenvalue weighted by molar-refractivity contribution is 5.65. The van der Waals surface area contributed by atoms with Crippen LogP contribution in [0.1, 0.15) is 6.92 Å². The van der Waals surface area contributed by atoms with Crippen LogP contribution >= 0.6 is 0 Å². The predicted molar refractivity (Wildman–Crippen MR) is 40.8 cm³/mol. The fraction of sp³-hybridized carbons (Fsp3) is 0.800. The minimum atomic E-state index is -0.245. The summed E-state index contributed by atoms with van der Waals surface area (Å²) in [5.74, 6) is -0.245. The molecule has 0 aliphatic carbocycles. The number of carbonyl (C=O) groups excluding carboxylic acids is 1. The Morgan fingerprint density at radius 1 is 1.08 bits per heavy atom. The van der Waals surface area contributed by atoms with Gasteiger partial charge in [0.05, 0.1) is 7.11 Å². The second-order valence-corrected chi connectivity index (χ2v) is 1.10. The van der Waals surface area contributed by atoms with Gasteiger partial charge in [-0.2, -0.15) is 0 Å². The molecule has 72 valence electrons. The Labute approximate surface area is 70.3 Å². The maximum Gasteiger partial charge on any atom is 0.302 e. The van der Waals surface area contributed by atoms with Crippen molar-refractivity contribution in [2.75, 3.05) is 21.3 Å². The number of hydrogen-bond donors (Lipinski definition) is 0. The van der Waals surface area contributed by atoms with Crippen LogP contribution in [-0.4, -0.2) is 27.3 Å². The van der Waals surface area contributed by atoms with Crippen LogP contribution in [0.5, 0.6) is 0 Å². The third-order valence-corrected chi connectivity index (χ3v) is 0.287. The largest absolute Gasteiger partial charge is 0.469 e. The summed E-state index contributed by atoms with van der Waals surface area (Å²) in [5.41, 5.74) is 0. The third-order valence-electron chi connectivity index (χ3n) is 0.287. The molecular formula is C5H12N2O5. The van der Waals surface area contributed by atoms with Crippen LogP contribution < -0.4 is 0 Å². The van der Waals surface area contributed by atoms with Crippen molar-refractivity contribution < 1.29 is 14.3 Å². The van der Waals surface area contributed by atoms with Gasteiger partial charge in [-0.05, 0) is 0 Å². The fourth-order valence-corrected chi connectivity index (χ4v) is 0. The van der Waals surface area contributed by atoms with Gasteiger partial charge in [-0.25, -0.2) is 0 Å². The highest BCUT2D eigenvalue weighted by Gasteiger charge is 1.75. The molecule has 0 aromatic carbocycles. The molecule has 7 heteroatoms. The standard InChI is InChI=1S/C3H6O2.C2H6O.N2.O2/c1-3(4)5-2;1-3-2;2*1-2/h1-2H3;1-2H3;;. The van der Waals surface area contributed by atoms with Gasteiger partial charge >= 0.3 is 5.97 Å². The van der Waals surface area contributed by atoms with Crippen LogP contribution in [0.4, 0.5) is 0 Å². The summed E-state index contributed by atoms with van der Waals surface area (Å²) >= 11 is 0. The molecule has 0 saturated heterocycles. The number of ether oxygens (including phenoxy) is 2. The summed E-state index contributed by atoms with van der Waals surface area (Å²) in [6.07, 6.45) is 0. The molecule has 0 heterocycles. The first-order valence-corrected chi connectivity index (χ1v) is 2.50. The molecule has 0 aliphatic heterocycles. The molecule has 0 fully saturated rings. The first-order chi connectivity index (χ1) is 5.68. The van der Waals surface area contributed by atoms with Crippen LogP contribution in [0.3, 0.4) is 0 Å². The molecule has 0 amide bonds. The average molecular weight is 180 g/mol. The van der Waals surface area contributed by atoms with Gasteiger partial charge in [0.25, 0.3) is 0 Å². The molecule has 0 bridgehead atoms. The Balaban J connectivity index is -0.0000000397. The lowest BCUT2D eigenvalue weighted by Crippen LogP contribution is -1.88. The molecule has 0 saturated carbocycles. The van der Waals surface area contributed by atoms with E-state index in [4.69, 9.17) is 20.7 Å². The quantitative estimate of drug-likeness (QED) is 0.394. The van der Waals surface area contributed by atoms with Crippen molar-refractivity contribution in [1.82, 2.24) is 0 Å². The zero-order valence-corrected chi connectivity index (χ0v) is 7.44. The monoisotopic (exact) mass is 180 g/mol. The summed E-state index contributed by atoms with van der Waals surface area (Å²) in [7, 11) is 4.60. The van der Waals surface area contributed by atoms with Crippen molar-refractivity contribution in [3.63, 3.8) is 0 Å². The van der Waals surface area contributed by atoms with Gasteiger partial charge in [-0.15, -0.1) is 0 Å². The Morgan fingerprint density at radius 3 is 1.17 bits per heavy atom. The average Bonchev–Trinajstić information content (AvgIpc) is 2.13. The lowest BCUT2D eigenvalue weighted by atomic mass is 10.8. The topological polar surface area (TPSA) is 117 Å². The van der Waals surface area contributed by atoms with E-state index in [-0.39, 0.29) is 5.97 Å². The van der Waals surface area contributed by atoms with Crippen molar-refractivity contribution in [2.24, 2.45) is 0 Å². The highest BCUT2D eigenvalue weighted by atomic mass is 16.7. The van der Waals surface area contributed by atoms with Gasteiger partial charge in [0.15, 0.2) is 0 Å². The van der Waals surface area contributed by atoms with Gasteiger partial charge in [-0.1, -0.05) is 0 Å². The van der Waals surface area contributed by atoms with E-state index in [1.165, 1.54) is 14.0 Å². The molecule has 0 radical (unpaired) electrons. The van der Waals surface area contributed by atoms with Crippen molar-refractivity contribution in [1.29, 1.82) is 10.8 Å². The first kappa shape index (κ1) is 22.4. The van der Waals surface area contributed by atoms with Crippen LogP contribution in [0, 0.1) is 20.7 Å². The van der Waals surface area contributed by atoms with Crippen LogP contribution in [0.25, 0.3) is 0 Å².